The fourth-order valence-corrected chi connectivity index (χ4v) is 7.89. The van der Waals surface area contributed by atoms with Gasteiger partial charge in [0.25, 0.3) is 11.5 Å². The Bertz CT molecular complexity index is 1640. The minimum Gasteiger partial charge on any atom is -0.363 e. The summed E-state index contributed by atoms with van der Waals surface area (Å²) in [5, 5.41) is 4.38. The number of aromatic nitrogens is 3. The molecule has 2 saturated heterocycles. The number of rotatable bonds is 2. The summed E-state index contributed by atoms with van der Waals surface area (Å²) >= 11 is 0. The third-order valence-electron chi connectivity index (χ3n) is 10.9. The number of piperidine rings is 2. The van der Waals surface area contributed by atoms with Crippen molar-refractivity contribution in [2.24, 2.45) is 5.92 Å². The number of benzene rings is 1. The van der Waals surface area contributed by atoms with Crippen LogP contribution < -0.4 is 10.9 Å². The van der Waals surface area contributed by atoms with Crippen molar-refractivity contribution < 1.29 is 8.78 Å². The van der Waals surface area contributed by atoms with E-state index in [0.717, 1.165) is 68.3 Å². The molecule has 0 amide bonds. The van der Waals surface area contributed by atoms with E-state index in [2.05, 4.69) is 48.0 Å². The highest BCUT2D eigenvalue weighted by atomic mass is 19.3. The molecule has 4 aliphatic heterocycles. The minimum absolute atomic E-state index is 0.0410. The summed E-state index contributed by atoms with van der Waals surface area (Å²) < 4.78 is 33.8. The zero-order valence-electron chi connectivity index (χ0n) is 28.8. The normalized spacial score (nSPS) is 27.1. The highest BCUT2D eigenvalue weighted by Crippen LogP contribution is 2.42. The van der Waals surface area contributed by atoms with E-state index in [1.807, 2.05) is 30.5 Å². The Kier molecular flexibility index (Phi) is 10.1. The van der Waals surface area contributed by atoms with Crippen LogP contribution in [-0.4, -0.2) is 63.1 Å². The van der Waals surface area contributed by atoms with Crippen LogP contribution in [0.25, 0.3) is 11.0 Å². The van der Waals surface area contributed by atoms with E-state index >= 15 is 8.78 Å². The molecule has 0 aliphatic carbocycles. The number of hydrogen-bond acceptors (Lipinski definition) is 6. The van der Waals surface area contributed by atoms with E-state index in [1.54, 1.807) is 18.2 Å². The van der Waals surface area contributed by atoms with Crippen LogP contribution in [0.3, 0.4) is 0 Å². The average molecular weight is 647 g/mol. The molecular formula is C38H52F2N6O. The molecule has 1 aromatic carbocycles. The zero-order valence-corrected chi connectivity index (χ0v) is 28.8. The maximum absolute atomic E-state index is 16.0. The molecule has 47 heavy (non-hydrogen) atoms. The number of likely N-dealkylation sites (tertiary alicyclic amines) is 1. The second kappa shape index (κ2) is 14.1. The van der Waals surface area contributed by atoms with Gasteiger partial charge in [-0.25, -0.2) is 18.7 Å². The third kappa shape index (κ3) is 7.16. The number of pyridine rings is 1. The van der Waals surface area contributed by atoms with Crippen LogP contribution in [0, 0.1) is 12.8 Å². The Morgan fingerprint density at radius 3 is 2.43 bits per heavy atom. The van der Waals surface area contributed by atoms with Gasteiger partial charge in [-0.3, -0.25) is 14.3 Å². The molecule has 0 saturated carbocycles. The first-order valence-corrected chi connectivity index (χ1v) is 17.8. The summed E-state index contributed by atoms with van der Waals surface area (Å²) in [5.74, 6) is -2.21. The zero-order chi connectivity index (χ0) is 33.3. The highest BCUT2D eigenvalue weighted by Gasteiger charge is 2.42. The van der Waals surface area contributed by atoms with Gasteiger partial charge in [-0.05, 0) is 129 Å². The lowest BCUT2D eigenvalue weighted by molar-refractivity contribution is -0.0847. The Labute approximate surface area is 278 Å². The van der Waals surface area contributed by atoms with Crippen LogP contribution in [0.15, 0.2) is 47.3 Å². The Morgan fingerprint density at radius 1 is 0.957 bits per heavy atom. The van der Waals surface area contributed by atoms with Gasteiger partial charge in [-0.2, -0.15) is 0 Å². The Hall–Kier alpha value is -3.17. The molecular weight excluding hydrogens is 594 g/mol. The number of nitrogens with one attached hydrogen (secondary N) is 1. The van der Waals surface area contributed by atoms with Gasteiger partial charge in [0.05, 0.1) is 5.39 Å². The van der Waals surface area contributed by atoms with Gasteiger partial charge >= 0.3 is 0 Å². The average Bonchev–Trinajstić information content (AvgIpc) is 3.06. The van der Waals surface area contributed by atoms with Crippen LogP contribution in [0.1, 0.15) is 113 Å². The van der Waals surface area contributed by atoms with Crippen molar-refractivity contribution in [3.05, 3.63) is 75.4 Å². The maximum Gasteiger partial charge on any atom is 0.276 e. The predicted molar refractivity (Wildman–Crippen MR) is 186 cm³/mol. The minimum atomic E-state index is -2.90. The molecule has 7 nitrogen and oxygen atoms in total. The largest absolute Gasteiger partial charge is 0.363 e. The van der Waals surface area contributed by atoms with Crippen LogP contribution >= 0.6 is 0 Å². The van der Waals surface area contributed by atoms with Crippen molar-refractivity contribution >= 4 is 16.9 Å². The first-order chi connectivity index (χ1) is 22.5. The van der Waals surface area contributed by atoms with Gasteiger partial charge in [0.15, 0.2) is 0 Å². The number of hydrogen-bond donors (Lipinski definition) is 1. The Morgan fingerprint density at radius 2 is 1.70 bits per heavy atom. The quantitative estimate of drug-likeness (QED) is 0.285. The van der Waals surface area contributed by atoms with Crippen molar-refractivity contribution in [1.29, 1.82) is 0 Å². The summed E-state index contributed by atoms with van der Waals surface area (Å²) in [6.45, 7) is 14.5. The van der Waals surface area contributed by atoms with Crippen molar-refractivity contribution in [2.45, 2.75) is 110 Å². The van der Waals surface area contributed by atoms with Crippen LogP contribution in [0.5, 0.6) is 0 Å². The van der Waals surface area contributed by atoms with Crippen molar-refractivity contribution in [2.75, 3.05) is 38.0 Å². The van der Waals surface area contributed by atoms with Gasteiger partial charge in [0.1, 0.15) is 17.3 Å². The van der Waals surface area contributed by atoms with Gasteiger partial charge < -0.3 is 10.2 Å². The lowest BCUT2D eigenvalue weighted by Crippen LogP contribution is -2.39. The van der Waals surface area contributed by atoms with E-state index in [1.165, 1.54) is 0 Å². The number of fused-ring (bicyclic) bond motifs is 8. The first-order valence-electron chi connectivity index (χ1n) is 17.8. The van der Waals surface area contributed by atoms with E-state index in [4.69, 9.17) is 9.97 Å². The standard InChI is InChI=1S/C38H52F2N6O/c1-25(2)45-21-14-29(15-22-45)33-24-34-35-41-27(4)30-12-10-13-32(23-30)38(39,40)31-16-19-44(20-17-31)18-9-7-6-8-11-26(3)46(37(33)47)36(34)43-28(5)42-35/h7,9-10,12-13,23-27,29,31H,6,8,11,14-22H2,1-5H3,(H,41,42,43)/b9-7+/t26?,27-/m1/s1. The number of anilines is 1. The second-order valence-corrected chi connectivity index (χ2v) is 14.5. The van der Waals surface area contributed by atoms with Crippen molar-refractivity contribution in [3.8, 4) is 0 Å². The second-order valence-electron chi connectivity index (χ2n) is 14.5. The molecule has 2 atom stereocenters. The molecule has 254 valence electrons. The molecule has 1 unspecified atom stereocenters. The van der Waals surface area contributed by atoms with Gasteiger partial charge in [-0.1, -0.05) is 30.4 Å². The number of nitrogens with zero attached hydrogens (tertiary/aromatic N) is 5. The first kappa shape index (κ1) is 33.7. The van der Waals surface area contributed by atoms with Crippen LogP contribution in [-0.2, 0) is 5.92 Å². The summed E-state index contributed by atoms with van der Waals surface area (Å²) in [4.78, 5) is 28.9. The summed E-state index contributed by atoms with van der Waals surface area (Å²) in [7, 11) is 0. The fraction of sp³-hybridized carbons (Fsp3) is 0.605. The van der Waals surface area contributed by atoms with Gasteiger partial charge in [-0.15, -0.1) is 0 Å². The smallest absolute Gasteiger partial charge is 0.276 e. The monoisotopic (exact) mass is 646 g/mol. The Balaban J connectivity index is 1.43. The molecule has 8 bridgehead atoms. The van der Waals surface area contributed by atoms with Crippen LogP contribution in [0.2, 0.25) is 0 Å². The van der Waals surface area contributed by atoms with Crippen LogP contribution in [0.4, 0.5) is 14.6 Å². The van der Waals surface area contributed by atoms with E-state index < -0.39 is 11.8 Å². The predicted octanol–water partition coefficient (Wildman–Crippen LogP) is 7.97. The molecule has 2 aromatic heterocycles. The van der Waals surface area contributed by atoms with E-state index in [9.17, 15) is 4.79 Å². The third-order valence-corrected chi connectivity index (χ3v) is 10.9. The molecule has 7 rings (SSSR count). The highest BCUT2D eigenvalue weighted by molar-refractivity contribution is 5.87. The molecule has 4 aliphatic rings. The summed E-state index contributed by atoms with van der Waals surface area (Å²) in [5.41, 5.74) is 2.38. The van der Waals surface area contributed by atoms with Gasteiger partial charge in [0.2, 0.25) is 0 Å². The van der Waals surface area contributed by atoms with Crippen molar-refractivity contribution in [3.63, 3.8) is 0 Å². The molecule has 0 spiro atoms. The van der Waals surface area contributed by atoms with E-state index in [-0.39, 0.29) is 29.1 Å². The molecule has 0 radical (unpaired) electrons. The number of alkyl halides is 2. The molecule has 9 heteroatoms. The number of halogens is 2. The van der Waals surface area contributed by atoms with Crippen molar-refractivity contribution in [1.82, 2.24) is 24.3 Å². The topological polar surface area (TPSA) is 66.3 Å². The number of allylic oxidation sites excluding steroid dienone is 1. The lowest BCUT2D eigenvalue weighted by atomic mass is 9.85. The molecule has 2 fully saturated rings. The fourth-order valence-electron chi connectivity index (χ4n) is 7.89. The molecule has 6 heterocycles. The molecule has 1 N–H and O–H groups in total. The molecule has 3 aromatic rings. The summed E-state index contributed by atoms with van der Waals surface area (Å²) in [6, 6.07) is 9.07. The van der Waals surface area contributed by atoms with E-state index in [0.29, 0.717) is 49.3 Å². The lowest BCUT2D eigenvalue weighted by Gasteiger charge is -2.35. The van der Waals surface area contributed by atoms with Gasteiger partial charge in [0, 0.05) is 41.7 Å². The summed E-state index contributed by atoms with van der Waals surface area (Å²) in [6.07, 6.45) is 9.92. The maximum atomic E-state index is 16.0. The SMILES string of the molecule is Cc1nc2c3cc(C4CCN(C(C)C)CC4)c(=O)n(c3n1)C(C)CCC/C=C/CN1CCC(CC1)C(F)(F)c1cccc(c1)[C@@H](C)N2. The number of aryl methyl sites for hydroxylation is 1.